The standard InChI is InChI=1S/C22H22FN9O2/c1-11-8-17(28-30(11)2)31-7-3-4-14(22(31)34)26-19-12-5-6-24-18(12)20-25-10-16(32(20)29-19)21(33)27-15-9-13(15)23/h3-4,7-8,10,13,15,24H,5-6,9H2,1-2H3,(H,26,29)(H,27,33)/t13-,15+/m0/s1. The Balaban J connectivity index is 1.41. The number of alkyl halides is 1. The highest BCUT2D eigenvalue weighted by Gasteiger charge is 2.39. The highest BCUT2D eigenvalue weighted by atomic mass is 19.1. The number of pyridine rings is 1. The molecule has 1 aliphatic carbocycles. The molecule has 6 rings (SSSR count). The van der Waals surface area contributed by atoms with Gasteiger partial charge in [-0.15, -0.1) is 5.10 Å². The van der Waals surface area contributed by atoms with Crippen molar-refractivity contribution in [2.45, 2.75) is 32.0 Å². The molecule has 11 nitrogen and oxygen atoms in total. The molecule has 0 saturated heterocycles. The largest absolute Gasteiger partial charge is 0.381 e. The summed E-state index contributed by atoms with van der Waals surface area (Å²) in [6, 6.07) is 4.78. The van der Waals surface area contributed by atoms with Gasteiger partial charge in [0.1, 0.15) is 11.9 Å². The topological polar surface area (TPSA) is 123 Å². The van der Waals surface area contributed by atoms with Crippen LogP contribution in [0.15, 0.2) is 35.4 Å². The molecule has 174 valence electrons. The molecule has 0 radical (unpaired) electrons. The summed E-state index contributed by atoms with van der Waals surface area (Å²) in [6.07, 6.45) is 3.07. The van der Waals surface area contributed by atoms with Gasteiger partial charge >= 0.3 is 0 Å². The van der Waals surface area contributed by atoms with Crippen LogP contribution in [0.3, 0.4) is 0 Å². The summed E-state index contributed by atoms with van der Waals surface area (Å²) in [7, 11) is 1.82. The van der Waals surface area contributed by atoms with Crippen LogP contribution < -0.4 is 21.5 Å². The van der Waals surface area contributed by atoms with Crippen LogP contribution in [0, 0.1) is 6.92 Å². The first kappa shape index (κ1) is 20.4. The van der Waals surface area contributed by atoms with Gasteiger partial charge in [-0.25, -0.2) is 13.9 Å². The molecule has 2 aliphatic rings. The molecular formula is C22H22FN9O2. The van der Waals surface area contributed by atoms with Gasteiger partial charge in [-0.05, 0) is 25.5 Å². The van der Waals surface area contributed by atoms with E-state index in [1.165, 1.54) is 15.3 Å². The molecule has 0 unspecified atom stereocenters. The van der Waals surface area contributed by atoms with Gasteiger partial charge in [-0.2, -0.15) is 5.10 Å². The molecule has 5 heterocycles. The number of nitrogens with zero attached hydrogens (tertiary/aromatic N) is 6. The van der Waals surface area contributed by atoms with Crippen LogP contribution in [0.2, 0.25) is 0 Å². The Kier molecular flexibility index (Phi) is 4.44. The van der Waals surface area contributed by atoms with Crippen LogP contribution in [0.4, 0.5) is 21.6 Å². The number of rotatable bonds is 5. The predicted octanol–water partition coefficient (Wildman–Crippen LogP) is 1.47. The first-order valence-corrected chi connectivity index (χ1v) is 11.0. The number of carbonyl (C=O) groups is 1. The minimum Gasteiger partial charge on any atom is -0.381 e. The maximum atomic E-state index is 13.3. The van der Waals surface area contributed by atoms with Crippen molar-refractivity contribution >= 4 is 28.7 Å². The number of fused-ring (bicyclic) bond motifs is 3. The third-order valence-electron chi connectivity index (χ3n) is 6.24. The molecule has 0 spiro atoms. The molecular weight excluding hydrogens is 441 g/mol. The zero-order chi connectivity index (χ0) is 23.6. The number of halogens is 1. The van der Waals surface area contributed by atoms with Crippen molar-refractivity contribution in [2.75, 3.05) is 17.2 Å². The Labute approximate surface area is 192 Å². The fraction of sp³-hybridized carbons (Fsp3) is 0.318. The summed E-state index contributed by atoms with van der Waals surface area (Å²) in [5.74, 6) is 0.520. The fourth-order valence-corrected chi connectivity index (χ4v) is 4.14. The second-order valence-electron chi connectivity index (χ2n) is 8.58. The predicted molar refractivity (Wildman–Crippen MR) is 123 cm³/mol. The molecule has 1 saturated carbocycles. The second-order valence-corrected chi connectivity index (χ2v) is 8.58. The van der Waals surface area contributed by atoms with Crippen molar-refractivity contribution in [1.29, 1.82) is 0 Å². The lowest BCUT2D eigenvalue weighted by Gasteiger charge is -2.13. The van der Waals surface area contributed by atoms with E-state index < -0.39 is 18.1 Å². The lowest BCUT2D eigenvalue weighted by Crippen LogP contribution is -2.28. The van der Waals surface area contributed by atoms with E-state index >= 15 is 0 Å². The number of carbonyl (C=O) groups excluding carboxylic acids is 1. The lowest BCUT2D eigenvalue weighted by molar-refractivity contribution is 0.0940. The van der Waals surface area contributed by atoms with E-state index in [1.807, 2.05) is 20.0 Å². The molecule has 34 heavy (non-hydrogen) atoms. The number of imidazole rings is 1. The summed E-state index contributed by atoms with van der Waals surface area (Å²) < 4.78 is 17.9. The highest BCUT2D eigenvalue weighted by Crippen LogP contribution is 2.33. The van der Waals surface area contributed by atoms with Crippen LogP contribution in [-0.2, 0) is 13.5 Å². The molecule has 2 atom stereocenters. The monoisotopic (exact) mass is 463 g/mol. The van der Waals surface area contributed by atoms with Gasteiger partial charge in [-0.1, -0.05) is 0 Å². The molecule has 1 aliphatic heterocycles. The van der Waals surface area contributed by atoms with E-state index in [-0.39, 0.29) is 11.3 Å². The first-order chi connectivity index (χ1) is 16.4. The van der Waals surface area contributed by atoms with Gasteiger partial charge in [0.15, 0.2) is 23.0 Å². The zero-order valence-electron chi connectivity index (χ0n) is 18.5. The summed E-state index contributed by atoms with van der Waals surface area (Å²) in [4.78, 5) is 30.3. The minimum absolute atomic E-state index is 0.197. The van der Waals surface area contributed by atoms with Gasteiger partial charge in [-0.3, -0.25) is 18.8 Å². The van der Waals surface area contributed by atoms with Gasteiger partial charge in [0.05, 0.1) is 17.9 Å². The van der Waals surface area contributed by atoms with Crippen molar-refractivity contribution in [1.82, 2.24) is 34.3 Å². The zero-order valence-corrected chi connectivity index (χ0v) is 18.5. The van der Waals surface area contributed by atoms with Gasteiger partial charge in [0.2, 0.25) is 0 Å². The first-order valence-electron chi connectivity index (χ1n) is 11.0. The summed E-state index contributed by atoms with van der Waals surface area (Å²) in [5, 5.41) is 18.1. The molecule has 4 aromatic heterocycles. The number of amides is 1. The Morgan fingerprint density at radius 3 is 2.88 bits per heavy atom. The maximum Gasteiger partial charge on any atom is 0.280 e. The number of aryl methyl sites for hydroxylation is 2. The number of aromatic nitrogens is 6. The maximum absolute atomic E-state index is 13.3. The average molecular weight is 463 g/mol. The van der Waals surface area contributed by atoms with Crippen molar-refractivity contribution in [3.05, 3.63) is 57.9 Å². The van der Waals surface area contributed by atoms with Crippen LogP contribution in [0.5, 0.6) is 0 Å². The van der Waals surface area contributed by atoms with E-state index in [2.05, 4.69) is 31.1 Å². The van der Waals surface area contributed by atoms with Gasteiger partial charge in [0.25, 0.3) is 11.5 Å². The van der Waals surface area contributed by atoms with E-state index in [0.717, 1.165) is 16.9 Å². The van der Waals surface area contributed by atoms with Crippen molar-refractivity contribution in [3.8, 4) is 5.82 Å². The Hall–Kier alpha value is -4.22. The van der Waals surface area contributed by atoms with E-state index in [4.69, 9.17) is 0 Å². The molecule has 1 fully saturated rings. The summed E-state index contributed by atoms with van der Waals surface area (Å²) in [5.41, 5.74) is 3.29. The average Bonchev–Trinajstić information content (AvgIpc) is 3.21. The summed E-state index contributed by atoms with van der Waals surface area (Å²) in [6.45, 7) is 2.59. The molecule has 0 aromatic carbocycles. The molecule has 4 aromatic rings. The van der Waals surface area contributed by atoms with Gasteiger partial charge < -0.3 is 16.0 Å². The van der Waals surface area contributed by atoms with E-state index in [0.29, 0.717) is 42.4 Å². The SMILES string of the molecule is Cc1cc(-n2cccc(Nc3nn4c(C(=O)N[C@@H]5C[C@@H]5F)cnc4c4c3CCN4)c2=O)nn1C. The van der Waals surface area contributed by atoms with Crippen molar-refractivity contribution in [2.24, 2.45) is 7.05 Å². The lowest BCUT2D eigenvalue weighted by atomic mass is 10.2. The Bertz CT molecular complexity index is 1500. The van der Waals surface area contributed by atoms with Crippen LogP contribution in [-0.4, -0.2) is 53.6 Å². The summed E-state index contributed by atoms with van der Waals surface area (Å²) >= 11 is 0. The van der Waals surface area contributed by atoms with Crippen LogP contribution in [0.1, 0.15) is 28.2 Å². The number of hydrogen-bond acceptors (Lipinski definition) is 7. The molecule has 0 bridgehead atoms. The number of hydrogen-bond donors (Lipinski definition) is 3. The minimum atomic E-state index is -1.01. The Morgan fingerprint density at radius 1 is 1.32 bits per heavy atom. The van der Waals surface area contributed by atoms with Crippen molar-refractivity contribution in [3.63, 3.8) is 0 Å². The highest BCUT2D eigenvalue weighted by molar-refractivity contribution is 5.95. The smallest absolute Gasteiger partial charge is 0.280 e. The third-order valence-corrected chi connectivity index (χ3v) is 6.24. The van der Waals surface area contributed by atoms with Crippen LogP contribution >= 0.6 is 0 Å². The molecule has 1 amide bonds. The van der Waals surface area contributed by atoms with E-state index in [9.17, 15) is 14.0 Å². The van der Waals surface area contributed by atoms with Crippen LogP contribution in [0.25, 0.3) is 11.5 Å². The number of nitrogens with one attached hydrogen (secondary N) is 3. The van der Waals surface area contributed by atoms with E-state index in [1.54, 1.807) is 23.0 Å². The normalized spacial score (nSPS) is 18.6. The van der Waals surface area contributed by atoms with Gasteiger partial charge in [0, 0.05) is 43.5 Å². The van der Waals surface area contributed by atoms with Crippen molar-refractivity contribution < 1.29 is 9.18 Å². The molecule has 3 N–H and O–H groups in total. The Morgan fingerprint density at radius 2 is 2.15 bits per heavy atom. The number of anilines is 3. The molecule has 12 heteroatoms. The second kappa shape index (κ2) is 7.40. The quantitative estimate of drug-likeness (QED) is 0.410. The fourth-order valence-electron chi connectivity index (χ4n) is 4.14. The third kappa shape index (κ3) is 3.21.